The van der Waals surface area contributed by atoms with Crippen LogP contribution in [-0.2, 0) is 9.59 Å². The van der Waals surface area contributed by atoms with Gasteiger partial charge in [-0.1, -0.05) is 115 Å². The SMILES string of the molecule is O=C(O)CN1C(=O)C(=Cc2ccc(N(c3ccccc3)c3ccc(C=Cc4ccc(N(c5ccccc5)c5ccccc5)cc4)cc3)cc2)CC1=S. The number of amides is 1. The maximum atomic E-state index is 12.8. The van der Waals surface area contributed by atoms with E-state index in [0.717, 1.165) is 55.7 Å². The summed E-state index contributed by atoms with van der Waals surface area (Å²) < 4.78 is 0. The van der Waals surface area contributed by atoms with E-state index in [1.54, 1.807) is 6.08 Å². The second-order valence-corrected chi connectivity index (χ2v) is 12.8. The molecule has 0 spiro atoms. The van der Waals surface area contributed by atoms with E-state index >= 15 is 0 Å². The molecule has 0 atom stereocenters. The Balaban J connectivity index is 1.09. The summed E-state index contributed by atoms with van der Waals surface area (Å²) in [6.07, 6.45) is 6.28. The molecule has 0 aromatic heterocycles. The summed E-state index contributed by atoms with van der Waals surface area (Å²) in [7, 11) is 0. The van der Waals surface area contributed by atoms with Gasteiger partial charge in [0.05, 0.1) is 4.99 Å². The van der Waals surface area contributed by atoms with Gasteiger partial charge in [-0.2, -0.15) is 0 Å². The first-order valence-corrected chi connectivity index (χ1v) is 17.3. The number of thiocarbonyl (C=S) groups is 1. The first-order valence-electron chi connectivity index (χ1n) is 16.9. The summed E-state index contributed by atoms with van der Waals surface area (Å²) in [5.74, 6) is -1.45. The number of rotatable bonds is 11. The first kappa shape index (κ1) is 33.9. The Morgan fingerprint density at radius 3 is 1.27 bits per heavy atom. The number of likely N-dealkylation sites (tertiary alicyclic amines) is 1. The summed E-state index contributed by atoms with van der Waals surface area (Å²) in [6, 6.07) is 55.9. The molecule has 1 saturated heterocycles. The van der Waals surface area contributed by atoms with Gasteiger partial charge < -0.3 is 14.9 Å². The van der Waals surface area contributed by atoms with Gasteiger partial charge in [-0.05, 0) is 95.6 Å². The highest BCUT2D eigenvalue weighted by Gasteiger charge is 2.32. The van der Waals surface area contributed by atoms with E-state index in [2.05, 4.69) is 131 Å². The lowest BCUT2D eigenvalue weighted by Gasteiger charge is -2.25. The van der Waals surface area contributed by atoms with Crippen molar-refractivity contribution in [1.29, 1.82) is 0 Å². The van der Waals surface area contributed by atoms with Crippen molar-refractivity contribution in [2.75, 3.05) is 16.3 Å². The molecule has 1 aliphatic rings. The molecule has 0 radical (unpaired) electrons. The molecule has 6 aromatic carbocycles. The Kier molecular flexibility index (Phi) is 10.1. The number of nitrogens with zero attached hydrogens (tertiary/aromatic N) is 3. The fourth-order valence-electron chi connectivity index (χ4n) is 6.24. The number of carbonyl (C=O) groups excluding carboxylic acids is 1. The quantitative estimate of drug-likeness (QED) is 0.0826. The van der Waals surface area contributed by atoms with Crippen LogP contribution < -0.4 is 9.80 Å². The molecule has 1 aliphatic heterocycles. The van der Waals surface area contributed by atoms with Gasteiger partial charge in [-0.25, -0.2) is 0 Å². The van der Waals surface area contributed by atoms with Crippen LogP contribution >= 0.6 is 12.2 Å². The lowest BCUT2D eigenvalue weighted by Crippen LogP contribution is -2.33. The molecule has 0 saturated carbocycles. The van der Waals surface area contributed by atoms with Crippen LogP contribution in [0.25, 0.3) is 18.2 Å². The van der Waals surface area contributed by atoms with Gasteiger partial charge in [-0.3, -0.25) is 14.5 Å². The van der Waals surface area contributed by atoms with Crippen LogP contribution in [0.4, 0.5) is 34.1 Å². The van der Waals surface area contributed by atoms with Crippen molar-refractivity contribution in [3.63, 3.8) is 0 Å². The average Bonchev–Trinajstić information content (AvgIpc) is 3.44. The Morgan fingerprint density at radius 1 is 0.558 bits per heavy atom. The van der Waals surface area contributed by atoms with Gasteiger partial charge in [-0.15, -0.1) is 0 Å². The minimum Gasteiger partial charge on any atom is -0.480 e. The Labute approximate surface area is 308 Å². The fourth-order valence-corrected chi connectivity index (χ4v) is 6.54. The molecule has 1 heterocycles. The van der Waals surface area contributed by atoms with Gasteiger partial charge in [0.25, 0.3) is 5.91 Å². The van der Waals surface area contributed by atoms with Gasteiger partial charge in [0.15, 0.2) is 0 Å². The smallest absolute Gasteiger partial charge is 0.323 e. The maximum absolute atomic E-state index is 12.8. The molecule has 6 aromatic rings. The molecule has 7 heteroatoms. The van der Waals surface area contributed by atoms with Crippen molar-refractivity contribution in [3.05, 3.63) is 186 Å². The third-order valence-electron chi connectivity index (χ3n) is 8.76. The first-order chi connectivity index (χ1) is 25.4. The van der Waals surface area contributed by atoms with Crippen molar-refractivity contribution in [1.82, 2.24) is 4.90 Å². The normalized spacial score (nSPS) is 13.5. The van der Waals surface area contributed by atoms with Crippen LogP contribution in [0, 0.1) is 0 Å². The van der Waals surface area contributed by atoms with Crippen molar-refractivity contribution in [2.24, 2.45) is 0 Å². The number of para-hydroxylation sites is 3. The zero-order chi connectivity index (χ0) is 35.9. The summed E-state index contributed by atoms with van der Waals surface area (Å²) in [5.41, 5.74) is 9.76. The number of hydrogen-bond acceptors (Lipinski definition) is 5. The molecule has 52 heavy (non-hydrogen) atoms. The zero-order valence-corrected chi connectivity index (χ0v) is 29.1. The summed E-state index contributed by atoms with van der Waals surface area (Å²) in [4.78, 5) is 29.9. The number of carboxylic acid groups (broad SMARTS) is 1. The third kappa shape index (κ3) is 7.75. The van der Waals surface area contributed by atoms with Crippen LogP contribution in [0.15, 0.2) is 169 Å². The Morgan fingerprint density at radius 2 is 0.904 bits per heavy atom. The summed E-state index contributed by atoms with van der Waals surface area (Å²) >= 11 is 5.28. The minimum atomic E-state index is -1.09. The van der Waals surface area contributed by atoms with E-state index in [0.29, 0.717) is 10.6 Å². The van der Waals surface area contributed by atoms with E-state index in [1.165, 1.54) is 0 Å². The average molecular weight is 698 g/mol. The van der Waals surface area contributed by atoms with Gasteiger partial charge in [0, 0.05) is 46.1 Å². The van der Waals surface area contributed by atoms with Crippen LogP contribution in [0.3, 0.4) is 0 Å². The second kappa shape index (κ2) is 15.5. The molecule has 1 N–H and O–H groups in total. The highest BCUT2D eigenvalue weighted by Crippen LogP contribution is 2.36. The second-order valence-electron chi connectivity index (χ2n) is 12.3. The largest absolute Gasteiger partial charge is 0.480 e. The number of carbonyl (C=O) groups is 2. The molecule has 0 unspecified atom stereocenters. The molecule has 6 nitrogen and oxygen atoms in total. The number of hydrogen-bond donors (Lipinski definition) is 1. The highest BCUT2D eigenvalue weighted by molar-refractivity contribution is 7.80. The number of aliphatic carboxylic acids is 1. The molecule has 0 bridgehead atoms. The Hall–Kier alpha value is -6.57. The minimum absolute atomic E-state index is 0.257. The van der Waals surface area contributed by atoms with Crippen molar-refractivity contribution < 1.29 is 14.7 Å². The topological polar surface area (TPSA) is 64.1 Å². The zero-order valence-electron chi connectivity index (χ0n) is 28.2. The van der Waals surface area contributed by atoms with Gasteiger partial charge >= 0.3 is 5.97 Å². The molecular formula is C45H35N3O3S. The predicted molar refractivity (Wildman–Crippen MR) is 216 cm³/mol. The molecule has 1 amide bonds. The van der Waals surface area contributed by atoms with Crippen molar-refractivity contribution in [3.8, 4) is 0 Å². The highest BCUT2D eigenvalue weighted by atomic mass is 32.1. The predicted octanol–water partition coefficient (Wildman–Crippen LogP) is 10.8. The lowest BCUT2D eigenvalue weighted by molar-refractivity contribution is -0.140. The van der Waals surface area contributed by atoms with Crippen LogP contribution in [-0.4, -0.2) is 33.4 Å². The molecule has 7 rings (SSSR count). The van der Waals surface area contributed by atoms with E-state index in [4.69, 9.17) is 17.3 Å². The van der Waals surface area contributed by atoms with Gasteiger partial charge in [0.1, 0.15) is 6.54 Å². The summed E-state index contributed by atoms with van der Waals surface area (Å²) in [6.45, 7) is -0.426. The molecule has 254 valence electrons. The van der Waals surface area contributed by atoms with Gasteiger partial charge in [0.2, 0.25) is 0 Å². The molecule has 0 aliphatic carbocycles. The van der Waals surface area contributed by atoms with Crippen LogP contribution in [0.2, 0.25) is 0 Å². The third-order valence-corrected chi connectivity index (χ3v) is 9.13. The van der Waals surface area contributed by atoms with E-state index in [1.807, 2.05) is 54.6 Å². The maximum Gasteiger partial charge on any atom is 0.323 e. The van der Waals surface area contributed by atoms with Crippen molar-refractivity contribution in [2.45, 2.75) is 6.42 Å². The monoisotopic (exact) mass is 697 g/mol. The van der Waals surface area contributed by atoms with E-state index < -0.39 is 12.5 Å². The van der Waals surface area contributed by atoms with Crippen molar-refractivity contribution >= 4 is 81.4 Å². The number of carboxylic acids is 1. The number of anilines is 6. The molecule has 1 fully saturated rings. The Bertz CT molecular complexity index is 2200. The lowest BCUT2D eigenvalue weighted by atomic mass is 10.1. The van der Waals surface area contributed by atoms with E-state index in [9.17, 15) is 9.59 Å². The van der Waals surface area contributed by atoms with Crippen LogP contribution in [0.1, 0.15) is 23.1 Å². The van der Waals surface area contributed by atoms with Crippen LogP contribution in [0.5, 0.6) is 0 Å². The van der Waals surface area contributed by atoms with E-state index in [-0.39, 0.29) is 12.3 Å². The fraction of sp³-hybridized carbons (Fsp3) is 0.0444. The number of benzene rings is 6. The molecular weight excluding hydrogens is 663 g/mol. The summed E-state index contributed by atoms with van der Waals surface area (Å²) in [5, 5.41) is 9.15. The standard InChI is InChI=1S/C45H35N3O3S/c49-44(50)32-46-43(52)31-36(45(46)51)30-35-22-28-42(29-23-35)48(39-14-8-3-9-15-39)41-26-20-34(21-27-41)17-16-33-18-24-40(25-19-33)47(37-10-4-1-5-11-37)38-12-6-2-7-13-38/h1-30H,31-32H2,(H,49,50).